The van der Waals surface area contributed by atoms with Crippen LogP contribution >= 0.6 is 0 Å². The van der Waals surface area contributed by atoms with E-state index in [0.29, 0.717) is 31.7 Å². The fourth-order valence-electron chi connectivity index (χ4n) is 3.85. The number of amides is 3. The third-order valence-corrected chi connectivity index (χ3v) is 5.29. The third-order valence-electron chi connectivity index (χ3n) is 5.29. The van der Waals surface area contributed by atoms with Gasteiger partial charge in [0.25, 0.3) is 5.91 Å². The van der Waals surface area contributed by atoms with Crippen LogP contribution < -0.4 is 5.73 Å². The maximum absolute atomic E-state index is 12.9. The second-order valence-electron chi connectivity index (χ2n) is 8.01. The fourth-order valence-corrected chi connectivity index (χ4v) is 3.85. The molecule has 1 atom stereocenters. The van der Waals surface area contributed by atoms with E-state index in [9.17, 15) is 14.4 Å². The molecule has 7 nitrogen and oxygen atoms in total. The fraction of sp³-hybridized carbons (Fsp3) is 0.611. The molecule has 1 aromatic heterocycles. The summed E-state index contributed by atoms with van der Waals surface area (Å²) in [6.07, 6.45) is 0.977. The maximum Gasteiger partial charge on any atom is 0.265 e. The van der Waals surface area contributed by atoms with E-state index in [1.165, 1.54) is 0 Å². The van der Waals surface area contributed by atoms with Gasteiger partial charge in [0.2, 0.25) is 11.8 Å². The van der Waals surface area contributed by atoms with Crippen molar-refractivity contribution in [3.8, 4) is 0 Å². The summed E-state index contributed by atoms with van der Waals surface area (Å²) in [5.41, 5.74) is 7.63. The van der Waals surface area contributed by atoms with Crippen molar-refractivity contribution in [1.82, 2.24) is 14.4 Å². The molecule has 25 heavy (non-hydrogen) atoms. The van der Waals surface area contributed by atoms with Crippen molar-refractivity contribution in [3.63, 3.8) is 0 Å². The van der Waals surface area contributed by atoms with Gasteiger partial charge in [-0.1, -0.05) is 0 Å². The van der Waals surface area contributed by atoms with Gasteiger partial charge in [0.15, 0.2) is 0 Å². The Hall–Kier alpha value is -2.31. The lowest BCUT2D eigenvalue weighted by molar-refractivity contribution is -0.136. The van der Waals surface area contributed by atoms with E-state index in [1.54, 1.807) is 21.4 Å². The molecule has 136 valence electrons. The predicted octanol–water partition coefficient (Wildman–Crippen LogP) is 0.656. The van der Waals surface area contributed by atoms with E-state index >= 15 is 0 Å². The van der Waals surface area contributed by atoms with Gasteiger partial charge >= 0.3 is 0 Å². The summed E-state index contributed by atoms with van der Waals surface area (Å²) in [6.45, 7) is 7.50. The summed E-state index contributed by atoms with van der Waals surface area (Å²) >= 11 is 0. The lowest BCUT2D eigenvalue weighted by Gasteiger charge is -2.33. The third kappa shape index (κ3) is 3.03. The minimum Gasteiger partial charge on any atom is -0.364 e. The molecule has 3 amide bonds. The van der Waals surface area contributed by atoms with Crippen molar-refractivity contribution in [2.24, 2.45) is 18.7 Å². The second-order valence-corrected chi connectivity index (χ2v) is 8.01. The first-order chi connectivity index (χ1) is 11.6. The normalized spacial score (nSPS) is 20.8. The van der Waals surface area contributed by atoms with Crippen LogP contribution in [0.5, 0.6) is 0 Å². The molecule has 2 aliphatic rings. The van der Waals surface area contributed by atoms with Crippen molar-refractivity contribution in [1.29, 1.82) is 0 Å². The van der Waals surface area contributed by atoms with Crippen LogP contribution in [-0.2, 0) is 29.6 Å². The number of hydrogen-bond acceptors (Lipinski definition) is 3. The number of carbonyl (C=O) groups is 3. The van der Waals surface area contributed by atoms with Crippen molar-refractivity contribution in [3.05, 3.63) is 23.0 Å². The molecule has 2 aliphatic heterocycles. The Morgan fingerprint density at radius 1 is 1.28 bits per heavy atom. The number of likely N-dealkylation sites (tertiary alicyclic amines) is 1. The highest BCUT2D eigenvalue weighted by molar-refractivity contribution is 5.92. The zero-order valence-electron chi connectivity index (χ0n) is 15.3. The minimum absolute atomic E-state index is 0.0209. The smallest absolute Gasteiger partial charge is 0.265 e. The molecule has 1 fully saturated rings. The predicted molar refractivity (Wildman–Crippen MR) is 92.6 cm³/mol. The van der Waals surface area contributed by atoms with Crippen LogP contribution in [0.1, 0.15) is 48.9 Å². The van der Waals surface area contributed by atoms with Crippen LogP contribution in [0.2, 0.25) is 0 Å². The van der Waals surface area contributed by atoms with Gasteiger partial charge in [-0.15, -0.1) is 0 Å². The zero-order valence-corrected chi connectivity index (χ0v) is 15.3. The maximum atomic E-state index is 12.9. The molecule has 1 aromatic rings. The zero-order chi connectivity index (χ0) is 18.5. The number of hydrogen-bond donors (Lipinski definition) is 1. The molecule has 0 aliphatic carbocycles. The van der Waals surface area contributed by atoms with Gasteiger partial charge in [0.1, 0.15) is 5.69 Å². The van der Waals surface area contributed by atoms with Gasteiger partial charge < -0.3 is 20.1 Å². The molecule has 0 radical (unpaired) electrons. The van der Waals surface area contributed by atoms with Gasteiger partial charge in [-0.05, 0) is 38.8 Å². The first kappa shape index (κ1) is 17.5. The average Bonchev–Trinajstić information content (AvgIpc) is 3.07. The molecule has 7 heteroatoms. The Labute approximate surface area is 147 Å². The topological polar surface area (TPSA) is 88.6 Å². The highest BCUT2D eigenvalue weighted by Gasteiger charge is 2.41. The Morgan fingerprint density at radius 2 is 1.96 bits per heavy atom. The van der Waals surface area contributed by atoms with Gasteiger partial charge in [-0.3, -0.25) is 14.4 Å². The van der Waals surface area contributed by atoms with Gasteiger partial charge in [0.05, 0.1) is 12.5 Å². The molecule has 3 rings (SSSR count). The summed E-state index contributed by atoms with van der Waals surface area (Å²) in [5, 5.41) is 0. The quantitative estimate of drug-likeness (QED) is 0.853. The lowest BCUT2D eigenvalue weighted by Crippen LogP contribution is -2.44. The van der Waals surface area contributed by atoms with E-state index in [-0.39, 0.29) is 29.7 Å². The Balaban J connectivity index is 1.75. The van der Waals surface area contributed by atoms with Gasteiger partial charge in [-0.25, -0.2) is 0 Å². The van der Waals surface area contributed by atoms with Crippen molar-refractivity contribution in [2.45, 2.75) is 45.7 Å². The molecule has 3 heterocycles. The molecule has 0 spiro atoms. The van der Waals surface area contributed by atoms with E-state index in [4.69, 9.17) is 5.73 Å². The summed E-state index contributed by atoms with van der Waals surface area (Å²) in [7, 11) is 1.80. The number of nitrogens with zero attached hydrogens (tertiary/aromatic N) is 3. The molecule has 2 N–H and O–H groups in total. The van der Waals surface area contributed by atoms with E-state index < -0.39 is 5.91 Å². The van der Waals surface area contributed by atoms with Crippen LogP contribution in [0.15, 0.2) is 6.07 Å². The first-order valence-corrected chi connectivity index (χ1v) is 8.66. The molecule has 0 bridgehead atoms. The number of primary amides is 1. The Bertz CT molecular complexity index is 744. The van der Waals surface area contributed by atoms with E-state index in [2.05, 4.69) is 0 Å². The summed E-state index contributed by atoms with van der Waals surface area (Å²) < 4.78 is 1.78. The number of rotatable bonds is 2. The average molecular weight is 346 g/mol. The van der Waals surface area contributed by atoms with E-state index in [0.717, 1.165) is 11.3 Å². The summed E-state index contributed by atoms with van der Waals surface area (Å²) in [4.78, 5) is 40.3. The van der Waals surface area contributed by atoms with E-state index in [1.807, 2.05) is 26.8 Å². The number of fused-ring (bicyclic) bond motifs is 1. The molecule has 0 aromatic carbocycles. The largest absolute Gasteiger partial charge is 0.364 e. The summed E-state index contributed by atoms with van der Waals surface area (Å²) in [6, 6.07) is 1.82. The Morgan fingerprint density at radius 3 is 2.52 bits per heavy atom. The van der Waals surface area contributed by atoms with Gasteiger partial charge in [-0.2, -0.15) is 0 Å². The second kappa shape index (κ2) is 5.89. The molecule has 1 saturated heterocycles. The van der Waals surface area contributed by atoms with Crippen molar-refractivity contribution in [2.75, 3.05) is 13.1 Å². The van der Waals surface area contributed by atoms with Crippen LogP contribution in [0.3, 0.4) is 0 Å². The lowest BCUT2D eigenvalue weighted by atomic mass is 10.0. The highest BCUT2D eigenvalue weighted by Crippen LogP contribution is 2.29. The molecule has 0 unspecified atom stereocenters. The minimum atomic E-state index is -0.461. The van der Waals surface area contributed by atoms with Crippen molar-refractivity contribution >= 4 is 17.7 Å². The van der Waals surface area contributed by atoms with Crippen LogP contribution in [0.25, 0.3) is 0 Å². The van der Waals surface area contributed by atoms with Crippen LogP contribution in [0, 0.1) is 5.92 Å². The van der Waals surface area contributed by atoms with Crippen LogP contribution in [0.4, 0.5) is 0 Å². The highest BCUT2D eigenvalue weighted by atomic mass is 16.2. The Kier molecular flexibility index (Phi) is 4.13. The molecular weight excluding hydrogens is 320 g/mol. The molecule has 0 saturated carbocycles. The number of aromatic nitrogens is 1. The van der Waals surface area contributed by atoms with Crippen molar-refractivity contribution < 1.29 is 14.4 Å². The standard InChI is InChI=1S/C18H26N4O3/c1-18(2,3)22-9-12(8-15(22)23)17(25)21-6-5-11-7-13(16(19)24)20(4)14(11)10-21/h7,12H,5-6,8-10H2,1-4H3,(H2,19,24)/t12-/m0/s1. The van der Waals surface area contributed by atoms with Crippen LogP contribution in [-0.4, -0.2) is 50.7 Å². The monoisotopic (exact) mass is 346 g/mol. The number of nitrogens with two attached hydrogens (primary N) is 1. The SMILES string of the molecule is Cn1c(C(N)=O)cc2c1CN(C(=O)[C@H]1CC(=O)N(C(C)(C)C)C1)CC2. The first-order valence-electron chi connectivity index (χ1n) is 8.66. The molecular formula is C18H26N4O3. The van der Waals surface area contributed by atoms with Gasteiger partial charge in [0, 0.05) is 37.8 Å². The number of carbonyl (C=O) groups excluding carboxylic acids is 3. The summed E-state index contributed by atoms with van der Waals surface area (Å²) in [5.74, 6) is -0.688.